The van der Waals surface area contributed by atoms with Crippen molar-refractivity contribution in [1.82, 2.24) is 4.98 Å². The molecule has 0 atom stereocenters. The highest BCUT2D eigenvalue weighted by Crippen LogP contribution is 2.05. The summed E-state index contributed by atoms with van der Waals surface area (Å²) in [6.45, 7) is 1.54. The third-order valence-corrected chi connectivity index (χ3v) is 1.94. The van der Waals surface area contributed by atoms with Crippen LogP contribution in [0.1, 0.15) is 22.8 Å². The summed E-state index contributed by atoms with van der Waals surface area (Å²) >= 11 is 3.28. The molecular formula is C10H10BrNO. The maximum absolute atomic E-state index is 11.0. The van der Waals surface area contributed by atoms with Gasteiger partial charge in [0.25, 0.3) is 0 Å². The molecule has 2 nitrogen and oxygen atoms in total. The van der Waals surface area contributed by atoms with Crippen molar-refractivity contribution >= 4 is 27.8 Å². The van der Waals surface area contributed by atoms with E-state index in [1.54, 1.807) is 12.4 Å². The second-order valence-electron chi connectivity index (χ2n) is 2.62. The summed E-state index contributed by atoms with van der Waals surface area (Å²) in [4.78, 5) is 15.0. The average Bonchev–Trinajstić information content (AvgIpc) is 2.15. The quantitative estimate of drug-likeness (QED) is 0.600. The van der Waals surface area contributed by atoms with Gasteiger partial charge in [-0.1, -0.05) is 28.1 Å². The molecule has 1 rings (SSSR count). The molecule has 0 fully saturated rings. The van der Waals surface area contributed by atoms with E-state index in [1.165, 1.54) is 6.92 Å². The van der Waals surface area contributed by atoms with Gasteiger partial charge in [0, 0.05) is 23.3 Å². The maximum atomic E-state index is 11.0. The summed E-state index contributed by atoms with van der Waals surface area (Å²) in [5.74, 6) is 0.0431. The Bertz CT molecular complexity index is 333. The number of hydrogen-bond donors (Lipinski definition) is 0. The van der Waals surface area contributed by atoms with E-state index in [4.69, 9.17) is 0 Å². The van der Waals surface area contributed by atoms with Crippen molar-refractivity contribution in [3.05, 3.63) is 35.7 Å². The molecule has 0 aliphatic rings. The van der Waals surface area contributed by atoms with Crippen LogP contribution in [0.2, 0.25) is 0 Å². The highest BCUT2D eigenvalue weighted by Gasteiger charge is 1.98. The van der Waals surface area contributed by atoms with Gasteiger partial charge in [0.2, 0.25) is 0 Å². The highest BCUT2D eigenvalue weighted by atomic mass is 79.9. The van der Waals surface area contributed by atoms with E-state index in [2.05, 4.69) is 20.9 Å². The number of hydrogen-bond acceptors (Lipinski definition) is 2. The van der Waals surface area contributed by atoms with Gasteiger partial charge in [-0.25, -0.2) is 0 Å². The molecule has 1 aromatic heterocycles. The second-order valence-corrected chi connectivity index (χ2v) is 3.27. The first-order valence-corrected chi connectivity index (χ1v) is 5.04. The Labute approximate surface area is 85.8 Å². The third-order valence-electron chi connectivity index (χ3n) is 1.57. The third kappa shape index (κ3) is 3.11. The van der Waals surface area contributed by atoms with Gasteiger partial charge in [-0.05, 0) is 18.6 Å². The summed E-state index contributed by atoms with van der Waals surface area (Å²) in [6, 6.07) is 1.83. The molecule has 0 radical (unpaired) electrons. The van der Waals surface area contributed by atoms with E-state index in [-0.39, 0.29) is 5.78 Å². The van der Waals surface area contributed by atoms with E-state index in [1.807, 2.05) is 18.2 Å². The predicted molar refractivity (Wildman–Crippen MR) is 57.1 cm³/mol. The standard InChI is InChI=1S/C10H10BrNO/c1-8(13)10-5-9(3-2-4-11)6-12-7-10/h2-3,5-7H,4H2,1H3. The number of ketones is 1. The van der Waals surface area contributed by atoms with Gasteiger partial charge in [-0.15, -0.1) is 0 Å². The van der Waals surface area contributed by atoms with E-state index < -0.39 is 0 Å². The predicted octanol–water partition coefficient (Wildman–Crippen LogP) is 2.69. The number of carbonyl (C=O) groups is 1. The van der Waals surface area contributed by atoms with Crippen molar-refractivity contribution in [3.8, 4) is 0 Å². The molecule has 0 aliphatic carbocycles. The number of rotatable bonds is 3. The van der Waals surface area contributed by atoms with Crippen molar-refractivity contribution in [2.45, 2.75) is 6.92 Å². The number of alkyl halides is 1. The van der Waals surface area contributed by atoms with Crippen LogP contribution in [0.4, 0.5) is 0 Å². The van der Waals surface area contributed by atoms with E-state index in [9.17, 15) is 4.79 Å². The van der Waals surface area contributed by atoms with Crippen LogP contribution in [0.3, 0.4) is 0 Å². The van der Waals surface area contributed by atoms with Crippen LogP contribution in [-0.4, -0.2) is 16.1 Å². The lowest BCUT2D eigenvalue weighted by molar-refractivity contribution is 0.101. The van der Waals surface area contributed by atoms with Gasteiger partial charge in [-0.3, -0.25) is 9.78 Å². The number of allylic oxidation sites excluding steroid dienone is 1. The Morgan fingerprint density at radius 1 is 1.62 bits per heavy atom. The Morgan fingerprint density at radius 2 is 2.38 bits per heavy atom. The number of aromatic nitrogens is 1. The fourth-order valence-corrected chi connectivity index (χ4v) is 1.11. The number of carbonyl (C=O) groups excluding carboxylic acids is 1. The van der Waals surface area contributed by atoms with Crippen LogP contribution >= 0.6 is 15.9 Å². The fourth-order valence-electron chi connectivity index (χ4n) is 0.922. The van der Waals surface area contributed by atoms with Gasteiger partial charge in [0.05, 0.1) is 0 Å². The molecule has 1 aromatic rings. The zero-order chi connectivity index (χ0) is 9.68. The van der Waals surface area contributed by atoms with Crippen LogP contribution in [0.5, 0.6) is 0 Å². The van der Waals surface area contributed by atoms with E-state index in [0.717, 1.165) is 10.9 Å². The first-order chi connectivity index (χ1) is 6.24. The molecule has 3 heteroatoms. The van der Waals surface area contributed by atoms with Gasteiger partial charge in [0.1, 0.15) is 0 Å². The normalized spacial score (nSPS) is 10.6. The lowest BCUT2D eigenvalue weighted by atomic mass is 10.1. The van der Waals surface area contributed by atoms with Gasteiger partial charge < -0.3 is 0 Å². The summed E-state index contributed by atoms with van der Waals surface area (Å²) in [5.41, 5.74) is 1.60. The molecule has 0 amide bonds. The van der Waals surface area contributed by atoms with Crippen LogP contribution in [0, 0.1) is 0 Å². The molecular weight excluding hydrogens is 230 g/mol. The molecule has 0 saturated heterocycles. The zero-order valence-electron chi connectivity index (χ0n) is 7.33. The van der Waals surface area contributed by atoms with Gasteiger partial charge in [-0.2, -0.15) is 0 Å². The Balaban J connectivity index is 2.92. The maximum Gasteiger partial charge on any atom is 0.161 e. The Kier molecular flexibility index (Phi) is 3.83. The van der Waals surface area contributed by atoms with Gasteiger partial charge in [0.15, 0.2) is 5.78 Å². The summed E-state index contributed by atoms with van der Waals surface area (Å²) < 4.78 is 0. The number of halogens is 1. The zero-order valence-corrected chi connectivity index (χ0v) is 8.91. The molecule has 0 N–H and O–H groups in total. The molecule has 0 aliphatic heterocycles. The summed E-state index contributed by atoms with van der Waals surface area (Å²) in [7, 11) is 0. The van der Waals surface area contributed by atoms with E-state index >= 15 is 0 Å². The molecule has 0 aromatic carbocycles. The first kappa shape index (κ1) is 10.1. The molecule has 0 saturated carbocycles. The van der Waals surface area contributed by atoms with Gasteiger partial charge >= 0.3 is 0 Å². The van der Waals surface area contributed by atoms with Crippen LogP contribution in [0.25, 0.3) is 6.08 Å². The number of pyridine rings is 1. The van der Waals surface area contributed by atoms with Crippen molar-refractivity contribution < 1.29 is 4.79 Å². The monoisotopic (exact) mass is 239 g/mol. The summed E-state index contributed by atoms with van der Waals surface area (Å²) in [6.07, 6.45) is 7.19. The van der Waals surface area contributed by atoms with Crippen molar-refractivity contribution in [3.63, 3.8) is 0 Å². The highest BCUT2D eigenvalue weighted by molar-refractivity contribution is 9.09. The van der Waals surface area contributed by atoms with Crippen LogP contribution < -0.4 is 0 Å². The fraction of sp³-hybridized carbons (Fsp3) is 0.200. The number of Topliss-reactive ketones (excluding diaryl/α,β-unsaturated/α-hetero) is 1. The van der Waals surface area contributed by atoms with E-state index in [0.29, 0.717) is 5.56 Å². The van der Waals surface area contributed by atoms with Crippen LogP contribution in [0.15, 0.2) is 24.5 Å². The van der Waals surface area contributed by atoms with Crippen molar-refractivity contribution in [2.75, 3.05) is 5.33 Å². The molecule has 68 valence electrons. The molecule has 0 spiro atoms. The smallest absolute Gasteiger partial charge is 0.161 e. The SMILES string of the molecule is CC(=O)c1cncc(C=CCBr)c1. The summed E-state index contributed by atoms with van der Waals surface area (Å²) in [5, 5.41) is 0.803. The largest absolute Gasteiger partial charge is 0.294 e. The van der Waals surface area contributed by atoms with Crippen molar-refractivity contribution in [2.24, 2.45) is 0 Å². The topological polar surface area (TPSA) is 30.0 Å². The lowest BCUT2D eigenvalue weighted by Gasteiger charge is -1.96. The Hall–Kier alpha value is -0.960. The molecule has 0 bridgehead atoms. The minimum Gasteiger partial charge on any atom is -0.294 e. The second kappa shape index (κ2) is 4.92. The Morgan fingerprint density at radius 3 is 3.00 bits per heavy atom. The molecule has 13 heavy (non-hydrogen) atoms. The number of nitrogens with zero attached hydrogens (tertiary/aromatic N) is 1. The van der Waals surface area contributed by atoms with Crippen molar-refractivity contribution in [1.29, 1.82) is 0 Å². The minimum absolute atomic E-state index is 0.0431. The first-order valence-electron chi connectivity index (χ1n) is 3.92. The lowest BCUT2D eigenvalue weighted by Crippen LogP contribution is -1.93. The average molecular weight is 240 g/mol. The van der Waals surface area contributed by atoms with Crippen LogP contribution in [-0.2, 0) is 0 Å². The molecule has 0 unspecified atom stereocenters. The molecule has 1 heterocycles. The minimum atomic E-state index is 0.0431.